The highest BCUT2D eigenvalue weighted by Gasteiger charge is 2.52. The summed E-state index contributed by atoms with van der Waals surface area (Å²) in [6, 6.07) is 0. The Morgan fingerprint density at radius 2 is 1.90 bits per heavy atom. The molecule has 2 fully saturated rings. The van der Waals surface area contributed by atoms with E-state index in [2.05, 4.69) is 0 Å². The van der Waals surface area contributed by atoms with E-state index in [1.807, 2.05) is 0 Å². The van der Waals surface area contributed by atoms with Gasteiger partial charge in [0.1, 0.15) is 0 Å². The van der Waals surface area contributed by atoms with Crippen LogP contribution in [0.4, 0.5) is 0 Å². The van der Waals surface area contributed by atoms with Gasteiger partial charge in [-0.3, -0.25) is 0 Å². The minimum atomic E-state index is 0.771. The van der Waals surface area contributed by atoms with Crippen LogP contribution in [0.15, 0.2) is 0 Å². The van der Waals surface area contributed by atoms with Crippen molar-refractivity contribution < 1.29 is 0 Å². The van der Waals surface area contributed by atoms with Crippen molar-refractivity contribution in [3.63, 3.8) is 0 Å². The molecule has 1 heteroatoms. The summed E-state index contributed by atoms with van der Waals surface area (Å²) in [4.78, 5) is 0. The predicted molar refractivity (Wildman–Crippen MR) is 42.7 cm³/mol. The molecule has 10 heavy (non-hydrogen) atoms. The van der Waals surface area contributed by atoms with Gasteiger partial charge in [0.25, 0.3) is 0 Å². The Bertz CT molecular complexity index is 125. The predicted octanol–water partition coefficient (Wildman–Crippen LogP) is 1.92. The first-order chi connectivity index (χ1) is 4.87. The SMILES string of the molecule is NC[C@@H]1CC12CCCCC2. The fraction of sp³-hybridized carbons (Fsp3) is 1.00. The van der Waals surface area contributed by atoms with Crippen LogP contribution in [0.1, 0.15) is 38.5 Å². The minimum absolute atomic E-state index is 0.771. The van der Waals surface area contributed by atoms with Crippen LogP contribution in [0.2, 0.25) is 0 Å². The van der Waals surface area contributed by atoms with Crippen molar-refractivity contribution in [1.29, 1.82) is 0 Å². The summed E-state index contributed by atoms with van der Waals surface area (Å²) >= 11 is 0. The highest BCUT2D eigenvalue weighted by molar-refractivity contribution is 5.03. The molecular formula is C9H17N. The number of hydrogen-bond donors (Lipinski definition) is 1. The van der Waals surface area contributed by atoms with E-state index >= 15 is 0 Å². The van der Waals surface area contributed by atoms with Crippen molar-refractivity contribution in [2.24, 2.45) is 17.1 Å². The van der Waals surface area contributed by atoms with E-state index in [0.29, 0.717) is 0 Å². The van der Waals surface area contributed by atoms with Crippen molar-refractivity contribution >= 4 is 0 Å². The number of hydrogen-bond acceptors (Lipinski definition) is 1. The Morgan fingerprint density at radius 3 is 2.40 bits per heavy atom. The average Bonchev–Trinajstić information content (AvgIpc) is 2.65. The summed E-state index contributed by atoms with van der Waals surface area (Å²) in [6.07, 6.45) is 8.82. The molecule has 58 valence electrons. The maximum absolute atomic E-state index is 5.64. The zero-order valence-electron chi connectivity index (χ0n) is 6.60. The van der Waals surface area contributed by atoms with E-state index in [9.17, 15) is 0 Å². The number of rotatable bonds is 1. The Morgan fingerprint density at radius 1 is 1.20 bits per heavy atom. The van der Waals surface area contributed by atoms with E-state index < -0.39 is 0 Å². The molecule has 1 spiro atoms. The largest absolute Gasteiger partial charge is 0.330 e. The zero-order valence-corrected chi connectivity index (χ0v) is 6.60. The molecule has 1 atom stereocenters. The summed E-state index contributed by atoms with van der Waals surface area (Å²) in [7, 11) is 0. The molecule has 0 saturated heterocycles. The lowest BCUT2D eigenvalue weighted by Gasteiger charge is -2.21. The zero-order chi connectivity index (χ0) is 7.03. The topological polar surface area (TPSA) is 26.0 Å². The molecule has 2 aliphatic rings. The van der Waals surface area contributed by atoms with Gasteiger partial charge >= 0.3 is 0 Å². The normalized spacial score (nSPS) is 36.3. The summed E-state index contributed by atoms with van der Waals surface area (Å²) < 4.78 is 0. The summed E-state index contributed by atoms with van der Waals surface area (Å²) in [6.45, 7) is 0.944. The molecule has 0 amide bonds. The standard InChI is InChI=1S/C9H17N/c10-7-8-6-9(8)4-2-1-3-5-9/h8H,1-7,10H2/t8-/m0/s1. The Hall–Kier alpha value is -0.0400. The van der Waals surface area contributed by atoms with E-state index in [1.54, 1.807) is 0 Å². The van der Waals surface area contributed by atoms with Gasteiger partial charge in [-0.15, -0.1) is 0 Å². The van der Waals surface area contributed by atoms with Gasteiger partial charge in [-0.05, 0) is 37.1 Å². The molecule has 0 aliphatic heterocycles. The second-order valence-corrected chi connectivity index (χ2v) is 4.06. The maximum Gasteiger partial charge on any atom is -0.00433 e. The molecule has 0 radical (unpaired) electrons. The first kappa shape index (κ1) is 6.66. The molecule has 1 nitrogen and oxygen atoms in total. The van der Waals surface area contributed by atoms with Gasteiger partial charge in [-0.1, -0.05) is 19.3 Å². The Labute approximate surface area is 63.0 Å². The van der Waals surface area contributed by atoms with E-state index in [0.717, 1.165) is 17.9 Å². The van der Waals surface area contributed by atoms with Crippen LogP contribution in [0.5, 0.6) is 0 Å². The second kappa shape index (κ2) is 2.23. The fourth-order valence-electron chi connectivity index (χ4n) is 2.63. The van der Waals surface area contributed by atoms with Gasteiger partial charge in [0, 0.05) is 0 Å². The Kier molecular flexibility index (Phi) is 1.48. The van der Waals surface area contributed by atoms with Gasteiger partial charge in [0.15, 0.2) is 0 Å². The van der Waals surface area contributed by atoms with Gasteiger partial charge in [0.2, 0.25) is 0 Å². The van der Waals surface area contributed by atoms with Crippen molar-refractivity contribution in [2.45, 2.75) is 38.5 Å². The first-order valence-electron chi connectivity index (χ1n) is 4.57. The van der Waals surface area contributed by atoms with Crippen LogP contribution in [-0.2, 0) is 0 Å². The lowest BCUT2D eigenvalue weighted by molar-refractivity contribution is 0.309. The highest BCUT2D eigenvalue weighted by Crippen LogP contribution is 2.60. The molecule has 2 rings (SSSR count). The third-order valence-electron chi connectivity index (χ3n) is 3.49. The number of nitrogens with two attached hydrogens (primary N) is 1. The molecule has 0 aromatic rings. The lowest BCUT2D eigenvalue weighted by atomic mass is 9.84. The maximum atomic E-state index is 5.64. The molecule has 0 aromatic carbocycles. The Balaban J connectivity index is 1.92. The molecule has 2 saturated carbocycles. The van der Waals surface area contributed by atoms with Crippen LogP contribution in [-0.4, -0.2) is 6.54 Å². The van der Waals surface area contributed by atoms with Crippen LogP contribution in [0.25, 0.3) is 0 Å². The summed E-state index contributed by atoms with van der Waals surface area (Å²) in [5.41, 5.74) is 6.41. The van der Waals surface area contributed by atoms with E-state index in [4.69, 9.17) is 5.73 Å². The molecule has 0 heterocycles. The molecule has 0 bridgehead atoms. The van der Waals surface area contributed by atoms with Gasteiger partial charge in [-0.2, -0.15) is 0 Å². The monoisotopic (exact) mass is 139 g/mol. The van der Waals surface area contributed by atoms with Gasteiger partial charge in [0.05, 0.1) is 0 Å². The van der Waals surface area contributed by atoms with Crippen LogP contribution >= 0.6 is 0 Å². The van der Waals surface area contributed by atoms with E-state index in [1.165, 1.54) is 38.5 Å². The summed E-state index contributed by atoms with van der Waals surface area (Å²) in [5.74, 6) is 0.910. The third-order valence-corrected chi connectivity index (χ3v) is 3.49. The van der Waals surface area contributed by atoms with E-state index in [-0.39, 0.29) is 0 Å². The second-order valence-electron chi connectivity index (χ2n) is 4.06. The van der Waals surface area contributed by atoms with Crippen LogP contribution in [0.3, 0.4) is 0 Å². The third kappa shape index (κ3) is 0.878. The van der Waals surface area contributed by atoms with Crippen LogP contribution < -0.4 is 5.73 Å². The lowest BCUT2D eigenvalue weighted by Crippen LogP contribution is -2.14. The van der Waals surface area contributed by atoms with Gasteiger partial charge in [-0.25, -0.2) is 0 Å². The van der Waals surface area contributed by atoms with Crippen molar-refractivity contribution in [1.82, 2.24) is 0 Å². The summed E-state index contributed by atoms with van der Waals surface area (Å²) in [5, 5.41) is 0. The highest BCUT2D eigenvalue weighted by atomic mass is 14.7. The van der Waals surface area contributed by atoms with Crippen molar-refractivity contribution in [3.05, 3.63) is 0 Å². The quantitative estimate of drug-likeness (QED) is 0.590. The molecule has 2 N–H and O–H groups in total. The minimum Gasteiger partial charge on any atom is -0.330 e. The molecule has 0 aromatic heterocycles. The van der Waals surface area contributed by atoms with Gasteiger partial charge < -0.3 is 5.73 Å². The average molecular weight is 139 g/mol. The first-order valence-corrected chi connectivity index (χ1v) is 4.57. The van der Waals surface area contributed by atoms with Crippen LogP contribution in [0, 0.1) is 11.3 Å². The molecule has 0 unspecified atom stereocenters. The molecular weight excluding hydrogens is 122 g/mol. The molecule has 2 aliphatic carbocycles. The fourth-order valence-corrected chi connectivity index (χ4v) is 2.63. The van der Waals surface area contributed by atoms with Crippen molar-refractivity contribution in [3.8, 4) is 0 Å². The van der Waals surface area contributed by atoms with Crippen molar-refractivity contribution in [2.75, 3.05) is 6.54 Å². The smallest absolute Gasteiger partial charge is 0.00433 e.